The molecule has 0 fully saturated rings. The first kappa shape index (κ1) is 10.4. The van der Waals surface area contributed by atoms with E-state index in [-0.39, 0.29) is 11.9 Å². The highest BCUT2D eigenvalue weighted by molar-refractivity contribution is 7.10. The summed E-state index contributed by atoms with van der Waals surface area (Å²) in [4.78, 5) is 4.93. The Balaban J connectivity index is 2.37. The van der Waals surface area contributed by atoms with Gasteiger partial charge in [-0.3, -0.25) is 0 Å². The summed E-state index contributed by atoms with van der Waals surface area (Å²) in [7, 11) is 0. The average molecular weight is 224 g/mol. The smallest absolute Gasteiger partial charge is 0.146 e. The van der Waals surface area contributed by atoms with E-state index in [1.807, 2.05) is 20.8 Å². The quantitative estimate of drug-likeness (QED) is 0.778. The zero-order chi connectivity index (χ0) is 11.0. The molecule has 1 unspecified atom stereocenters. The number of aryl methyl sites for hydroxylation is 1. The Kier molecular flexibility index (Phi) is 2.61. The lowest BCUT2D eigenvalue weighted by molar-refractivity contribution is 0.519. The molecule has 1 aliphatic rings. The highest BCUT2D eigenvalue weighted by Gasteiger charge is 2.23. The molecule has 0 aromatic carbocycles. The topological polar surface area (TPSA) is 24.4 Å². The Morgan fingerprint density at radius 3 is 2.73 bits per heavy atom. The molecule has 0 radical (unpaired) electrons. The Labute approximate surface area is 92.5 Å². The van der Waals surface area contributed by atoms with Crippen LogP contribution in [0, 0.1) is 13.8 Å². The summed E-state index contributed by atoms with van der Waals surface area (Å²) >= 11 is 1.59. The maximum Gasteiger partial charge on any atom is 0.146 e. The first-order valence-corrected chi connectivity index (χ1v) is 5.68. The molecule has 80 valence electrons. The molecule has 0 spiro atoms. The van der Waals surface area contributed by atoms with Crippen molar-refractivity contribution in [1.82, 2.24) is 5.32 Å². The molecule has 15 heavy (non-hydrogen) atoms. The van der Waals surface area contributed by atoms with Gasteiger partial charge in [-0.1, -0.05) is 0 Å². The maximum absolute atomic E-state index is 13.6. The predicted molar refractivity (Wildman–Crippen MR) is 62.0 cm³/mol. The van der Waals surface area contributed by atoms with Crippen LogP contribution in [0.25, 0.3) is 0 Å². The standard InChI is InChI=1S/C11H13FN2S/c1-6-5-15-11(7(6)2)10-9(12)4-13-8(3)14-10/h4-5,10H,1-3H3,(H,13,14). The van der Waals surface area contributed by atoms with Gasteiger partial charge >= 0.3 is 0 Å². The molecule has 0 amide bonds. The summed E-state index contributed by atoms with van der Waals surface area (Å²) < 4.78 is 13.6. The SMILES string of the molecule is CC1=NC=C(F)C(c2scc(C)c2C)N1. The lowest BCUT2D eigenvalue weighted by Gasteiger charge is -2.20. The number of rotatable bonds is 1. The van der Waals surface area contributed by atoms with Crippen molar-refractivity contribution in [2.75, 3.05) is 0 Å². The van der Waals surface area contributed by atoms with Crippen LogP contribution in [0.3, 0.4) is 0 Å². The molecule has 0 bridgehead atoms. The van der Waals surface area contributed by atoms with Crippen molar-refractivity contribution < 1.29 is 4.39 Å². The normalized spacial score (nSPS) is 20.7. The van der Waals surface area contributed by atoms with Crippen LogP contribution in [0.5, 0.6) is 0 Å². The summed E-state index contributed by atoms with van der Waals surface area (Å²) in [6, 6.07) is -0.346. The van der Waals surface area contributed by atoms with E-state index in [1.165, 1.54) is 11.8 Å². The second kappa shape index (κ2) is 3.77. The van der Waals surface area contributed by atoms with Crippen molar-refractivity contribution in [3.8, 4) is 0 Å². The van der Waals surface area contributed by atoms with Crippen molar-refractivity contribution in [2.24, 2.45) is 4.99 Å². The molecule has 1 atom stereocenters. The molecule has 0 saturated heterocycles. The number of amidine groups is 1. The Bertz CT molecular complexity index is 445. The van der Waals surface area contributed by atoms with Gasteiger partial charge in [0.05, 0.1) is 12.0 Å². The van der Waals surface area contributed by atoms with Gasteiger partial charge in [0, 0.05) is 4.88 Å². The molecule has 2 nitrogen and oxygen atoms in total. The zero-order valence-corrected chi connectivity index (χ0v) is 9.78. The molecule has 1 aliphatic heterocycles. The van der Waals surface area contributed by atoms with E-state index in [4.69, 9.17) is 0 Å². The number of nitrogens with one attached hydrogen (secondary N) is 1. The Morgan fingerprint density at radius 1 is 1.40 bits per heavy atom. The van der Waals surface area contributed by atoms with Crippen LogP contribution in [-0.4, -0.2) is 5.84 Å². The fourth-order valence-electron chi connectivity index (χ4n) is 1.55. The van der Waals surface area contributed by atoms with Gasteiger partial charge in [0.15, 0.2) is 0 Å². The number of aliphatic imine (C=N–C) groups is 1. The molecule has 0 aliphatic carbocycles. The molecular formula is C11H13FN2S. The fourth-order valence-corrected chi connectivity index (χ4v) is 2.67. The van der Waals surface area contributed by atoms with E-state index in [1.54, 1.807) is 11.3 Å². The highest BCUT2D eigenvalue weighted by Crippen LogP contribution is 2.33. The van der Waals surface area contributed by atoms with Crippen LogP contribution in [0.2, 0.25) is 0 Å². The summed E-state index contributed by atoms with van der Waals surface area (Å²) in [5.41, 5.74) is 2.38. The minimum atomic E-state index is -0.346. The Hall–Kier alpha value is -1.16. The highest BCUT2D eigenvalue weighted by atomic mass is 32.1. The largest absolute Gasteiger partial charge is 0.360 e. The lowest BCUT2D eigenvalue weighted by atomic mass is 10.1. The van der Waals surface area contributed by atoms with Crippen LogP contribution >= 0.6 is 11.3 Å². The predicted octanol–water partition coefficient (Wildman–Crippen LogP) is 3.24. The number of thiophene rings is 1. The molecule has 2 heterocycles. The van der Waals surface area contributed by atoms with Gasteiger partial charge in [-0.25, -0.2) is 9.38 Å². The summed E-state index contributed by atoms with van der Waals surface area (Å²) in [6.07, 6.45) is 1.30. The average Bonchev–Trinajstić information content (AvgIpc) is 2.52. The third-order valence-corrected chi connectivity index (χ3v) is 3.86. The maximum atomic E-state index is 13.6. The van der Waals surface area contributed by atoms with Crippen molar-refractivity contribution >= 4 is 17.2 Å². The molecule has 1 aromatic rings. The molecule has 4 heteroatoms. The van der Waals surface area contributed by atoms with Gasteiger partial charge in [-0.05, 0) is 37.3 Å². The van der Waals surface area contributed by atoms with E-state index in [0.717, 1.165) is 16.3 Å². The monoisotopic (exact) mass is 224 g/mol. The minimum absolute atomic E-state index is 0.217. The van der Waals surface area contributed by atoms with E-state index in [9.17, 15) is 4.39 Å². The summed E-state index contributed by atoms with van der Waals surface area (Å²) in [5, 5.41) is 5.11. The minimum Gasteiger partial charge on any atom is -0.360 e. The number of hydrogen-bond acceptors (Lipinski definition) is 3. The summed E-state index contributed by atoms with van der Waals surface area (Å²) in [5.74, 6) is 0.539. The van der Waals surface area contributed by atoms with E-state index in [2.05, 4.69) is 15.7 Å². The van der Waals surface area contributed by atoms with Crippen molar-refractivity contribution in [3.05, 3.63) is 33.4 Å². The van der Waals surface area contributed by atoms with Gasteiger partial charge in [0.1, 0.15) is 11.9 Å². The molecule has 2 rings (SSSR count). The van der Waals surface area contributed by atoms with E-state index < -0.39 is 0 Å². The second-order valence-corrected chi connectivity index (χ2v) is 4.63. The molecule has 0 saturated carbocycles. The number of hydrogen-bond donors (Lipinski definition) is 1. The van der Waals surface area contributed by atoms with Gasteiger partial charge in [-0.15, -0.1) is 11.3 Å². The van der Waals surface area contributed by atoms with Gasteiger partial charge in [-0.2, -0.15) is 0 Å². The van der Waals surface area contributed by atoms with Crippen molar-refractivity contribution in [3.63, 3.8) is 0 Å². The number of nitrogens with zero attached hydrogens (tertiary/aromatic N) is 1. The third-order valence-electron chi connectivity index (χ3n) is 2.60. The van der Waals surface area contributed by atoms with Crippen LogP contribution < -0.4 is 5.32 Å². The zero-order valence-electron chi connectivity index (χ0n) is 8.97. The van der Waals surface area contributed by atoms with E-state index in [0.29, 0.717) is 0 Å². The van der Waals surface area contributed by atoms with E-state index >= 15 is 0 Å². The molecular weight excluding hydrogens is 211 g/mol. The van der Waals surface area contributed by atoms with Crippen LogP contribution in [-0.2, 0) is 0 Å². The van der Waals surface area contributed by atoms with Gasteiger partial charge in [0.25, 0.3) is 0 Å². The third kappa shape index (κ3) is 1.81. The molecule has 1 aromatic heterocycles. The fraction of sp³-hybridized carbons (Fsp3) is 0.364. The number of halogens is 1. The van der Waals surface area contributed by atoms with Crippen LogP contribution in [0.15, 0.2) is 22.4 Å². The van der Waals surface area contributed by atoms with Crippen LogP contribution in [0.1, 0.15) is 29.0 Å². The molecule has 1 N–H and O–H groups in total. The van der Waals surface area contributed by atoms with Crippen molar-refractivity contribution in [1.29, 1.82) is 0 Å². The summed E-state index contributed by atoms with van der Waals surface area (Å²) in [6.45, 7) is 5.91. The van der Waals surface area contributed by atoms with Gasteiger partial charge < -0.3 is 5.32 Å². The van der Waals surface area contributed by atoms with Crippen LogP contribution in [0.4, 0.5) is 4.39 Å². The van der Waals surface area contributed by atoms with Gasteiger partial charge in [0.2, 0.25) is 0 Å². The second-order valence-electron chi connectivity index (χ2n) is 3.71. The van der Waals surface area contributed by atoms with Crippen molar-refractivity contribution in [2.45, 2.75) is 26.8 Å². The first-order chi connectivity index (χ1) is 7.09. The lowest BCUT2D eigenvalue weighted by Crippen LogP contribution is -2.28. The Morgan fingerprint density at radius 2 is 2.13 bits per heavy atom. The first-order valence-electron chi connectivity index (χ1n) is 4.80.